The molecule has 28 heavy (non-hydrogen) atoms. The topological polar surface area (TPSA) is 0 Å². The predicted molar refractivity (Wildman–Crippen MR) is 116 cm³/mol. The van der Waals surface area contributed by atoms with Crippen molar-refractivity contribution in [2.75, 3.05) is 0 Å². The van der Waals surface area contributed by atoms with Gasteiger partial charge in [-0.05, 0) is 28.3 Å². The molecule has 1 saturated carbocycles. The van der Waals surface area contributed by atoms with Crippen molar-refractivity contribution in [1.82, 2.24) is 0 Å². The fourth-order valence-corrected chi connectivity index (χ4v) is 4.63. The van der Waals surface area contributed by atoms with Crippen molar-refractivity contribution < 1.29 is 26.2 Å². The van der Waals surface area contributed by atoms with Gasteiger partial charge in [-0.15, -0.1) is 39.8 Å². The first kappa shape index (κ1) is 19.6. The van der Waals surface area contributed by atoms with E-state index >= 15 is 0 Å². The summed E-state index contributed by atoms with van der Waals surface area (Å²) in [6, 6.07) is 19.9. The summed E-state index contributed by atoms with van der Waals surface area (Å²) in [4.78, 5) is 0. The quantitative estimate of drug-likeness (QED) is 0.444. The van der Waals surface area contributed by atoms with Crippen molar-refractivity contribution in [3.05, 3.63) is 82.2 Å². The number of fused-ring (bicyclic) bond motifs is 2. The summed E-state index contributed by atoms with van der Waals surface area (Å²) in [6.07, 6.45) is 15.4. The largest absolute Gasteiger partial charge is 0.145 e. The molecule has 0 amide bonds. The molecule has 0 saturated heterocycles. The number of benzene rings is 3. The van der Waals surface area contributed by atoms with Crippen molar-refractivity contribution >= 4 is 22.9 Å². The number of rotatable bonds is 2. The molecule has 2 aliphatic rings. The standard InChI is InChI=1S/C27H25.Zr/c1-19-11-14-25(24-13-12-22-9-5-6-10-23(22)18-24)27-17-21(16-26(19)27)15-20-7-3-2-4-8-20;/h5-6,9-15,17-18,20H,2-4,7-8H2,1H3;/q-1;. The number of hydrogen-bond acceptors (Lipinski definition) is 0. The molecule has 3 aromatic carbocycles. The summed E-state index contributed by atoms with van der Waals surface area (Å²) in [5.74, 6) is 0.733. The van der Waals surface area contributed by atoms with Crippen LogP contribution in [0, 0.1) is 12.8 Å². The van der Waals surface area contributed by atoms with Crippen LogP contribution in [0.25, 0.3) is 34.1 Å². The van der Waals surface area contributed by atoms with Crippen molar-refractivity contribution in [3.63, 3.8) is 0 Å². The molecule has 0 nitrogen and oxygen atoms in total. The predicted octanol–water partition coefficient (Wildman–Crippen LogP) is 5.77. The van der Waals surface area contributed by atoms with Crippen molar-refractivity contribution in [3.8, 4) is 11.1 Å². The summed E-state index contributed by atoms with van der Waals surface area (Å²) in [6.45, 7) is 2.20. The van der Waals surface area contributed by atoms with Crippen molar-refractivity contribution in [2.24, 2.45) is 5.92 Å². The minimum absolute atomic E-state index is 0. The third-order valence-corrected chi connectivity index (χ3v) is 6.15. The minimum Gasteiger partial charge on any atom is -0.145 e. The van der Waals surface area contributed by atoms with Gasteiger partial charge in [-0.2, -0.15) is 0 Å². The Morgan fingerprint density at radius 1 is 0.893 bits per heavy atom. The van der Waals surface area contributed by atoms with Crippen LogP contribution in [-0.2, 0) is 26.2 Å². The van der Waals surface area contributed by atoms with Gasteiger partial charge in [0.1, 0.15) is 0 Å². The molecule has 0 radical (unpaired) electrons. The van der Waals surface area contributed by atoms with Crippen LogP contribution in [0.5, 0.6) is 0 Å². The van der Waals surface area contributed by atoms with E-state index in [0.717, 1.165) is 5.92 Å². The molecule has 3 aromatic rings. The van der Waals surface area contributed by atoms with Crippen LogP contribution in [0.2, 0.25) is 0 Å². The second kappa shape index (κ2) is 8.34. The fourth-order valence-electron chi connectivity index (χ4n) is 4.63. The maximum atomic E-state index is 3.70. The van der Waals surface area contributed by atoms with Gasteiger partial charge in [0.25, 0.3) is 0 Å². The molecule has 5 rings (SSSR count). The molecular weight excluding hydrogens is 416 g/mol. The molecule has 0 atom stereocenters. The van der Waals surface area contributed by atoms with E-state index in [2.05, 4.69) is 79.7 Å². The zero-order valence-electron chi connectivity index (χ0n) is 16.5. The third-order valence-electron chi connectivity index (χ3n) is 6.15. The van der Waals surface area contributed by atoms with Crippen LogP contribution in [-0.4, -0.2) is 0 Å². The second-order valence-electron chi connectivity index (χ2n) is 8.07. The van der Waals surface area contributed by atoms with Crippen LogP contribution in [0.1, 0.15) is 37.7 Å². The first-order valence-electron chi connectivity index (χ1n) is 10.2. The van der Waals surface area contributed by atoms with E-state index in [4.69, 9.17) is 0 Å². The molecule has 2 aliphatic carbocycles. The fraction of sp³-hybridized carbons (Fsp3) is 0.259. The van der Waals surface area contributed by atoms with Crippen molar-refractivity contribution in [2.45, 2.75) is 39.0 Å². The van der Waals surface area contributed by atoms with Gasteiger partial charge >= 0.3 is 0 Å². The molecule has 0 bridgehead atoms. The Morgan fingerprint density at radius 2 is 1.68 bits per heavy atom. The molecule has 0 unspecified atom stereocenters. The van der Waals surface area contributed by atoms with E-state index in [1.807, 2.05) is 0 Å². The Labute approximate surface area is 186 Å². The number of hydrogen-bond donors (Lipinski definition) is 0. The van der Waals surface area contributed by atoms with Gasteiger partial charge < -0.3 is 0 Å². The monoisotopic (exact) mass is 439 g/mol. The van der Waals surface area contributed by atoms with E-state index < -0.39 is 0 Å². The minimum atomic E-state index is 0. The average Bonchev–Trinajstić information content (AvgIpc) is 3.13. The normalized spacial score (nSPS) is 17.7. The van der Waals surface area contributed by atoms with E-state index in [1.54, 1.807) is 0 Å². The van der Waals surface area contributed by atoms with Crippen molar-refractivity contribution in [1.29, 1.82) is 0 Å². The van der Waals surface area contributed by atoms with Gasteiger partial charge in [-0.3, -0.25) is 0 Å². The SMILES string of the molecule is Cc1ccc(-c2ccc3ccccc3c2)c2c1=[C-]C(=CC1CCCCC1)C=2.[Zr]. The number of aryl methyl sites for hydroxylation is 1. The van der Waals surface area contributed by atoms with Crippen LogP contribution >= 0.6 is 0 Å². The van der Waals surface area contributed by atoms with Crippen LogP contribution < -0.4 is 10.4 Å². The smallest absolute Gasteiger partial charge is 0 e. The van der Waals surface area contributed by atoms with E-state index in [0.29, 0.717) is 0 Å². The van der Waals surface area contributed by atoms with Gasteiger partial charge in [-0.25, -0.2) is 0 Å². The Balaban J connectivity index is 0.00000192. The Kier molecular flexibility index (Phi) is 5.84. The van der Waals surface area contributed by atoms with Crippen LogP contribution in [0.15, 0.2) is 66.2 Å². The average molecular weight is 441 g/mol. The molecule has 0 aliphatic heterocycles. The zero-order valence-corrected chi connectivity index (χ0v) is 18.9. The van der Waals surface area contributed by atoms with Crippen LogP contribution in [0.3, 0.4) is 0 Å². The van der Waals surface area contributed by atoms with E-state index in [9.17, 15) is 0 Å². The molecule has 1 heteroatoms. The first-order chi connectivity index (χ1) is 13.3. The summed E-state index contributed by atoms with van der Waals surface area (Å²) < 4.78 is 0. The third kappa shape index (κ3) is 3.75. The maximum absolute atomic E-state index is 3.70. The molecule has 0 N–H and O–H groups in total. The molecule has 138 valence electrons. The molecular formula is C27H25Zr-. The molecule has 0 heterocycles. The second-order valence-corrected chi connectivity index (χ2v) is 8.07. The van der Waals surface area contributed by atoms with Gasteiger partial charge in [0, 0.05) is 26.2 Å². The number of allylic oxidation sites excluding steroid dienone is 2. The van der Waals surface area contributed by atoms with Gasteiger partial charge in [0.05, 0.1) is 0 Å². The van der Waals surface area contributed by atoms with E-state index in [1.165, 1.54) is 75.6 Å². The Morgan fingerprint density at radius 3 is 2.50 bits per heavy atom. The van der Waals surface area contributed by atoms with Crippen LogP contribution in [0.4, 0.5) is 0 Å². The van der Waals surface area contributed by atoms with Gasteiger partial charge in [-0.1, -0.05) is 93.1 Å². The first-order valence-corrected chi connectivity index (χ1v) is 10.2. The Hall–Kier alpha value is -1.72. The Bertz CT molecular complexity index is 1160. The summed E-state index contributed by atoms with van der Waals surface area (Å²) in [5, 5.41) is 5.22. The maximum Gasteiger partial charge on any atom is 0 e. The van der Waals surface area contributed by atoms with E-state index in [-0.39, 0.29) is 26.2 Å². The molecule has 0 aromatic heterocycles. The summed E-state index contributed by atoms with van der Waals surface area (Å²) in [5.41, 5.74) is 5.22. The molecule has 0 spiro atoms. The van der Waals surface area contributed by atoms with Gasteiger partial charge in [0.15, 0.2) is 0 Å². The summed E-state index contributed by atoms with van der Waals surface area (Å²) in [7, 11) is 0. The zero-order chi connectivity index (χ0) is 18.2. The summed E-state index contributed by atoms with van der Waals surface area (Å²) >= 11 is 0. The molecule has 1 fully saturated rings. The van der Waals surface area contributed by atoms with Gasteiger partial charge in [0.2, 0.25) is 0 Å².